The highest BCUT2D eigenvalue weighted by Gasteiger charge is 2.13. The molecule has 0 spiro atoms. The van der Waals surface area contributed by atoms with Gasteiger partial charge in [-0.15, -0.1) is 0 Å². The van der Waals surface area contributed by atoms with E-state index in [0.717, 1.165) is 19.4 Å². The number of aliphatic hydroxyl groups excluding tert-OH is 1. The van der Waals surface area contributed by atoms with Crippen LogP contribution in [-0.2, 0) is 12.8 Å². The van der Waals surface area contributed by atoms with Crippen molar-refractivity contribution in [1.29, 1.82) is 0 Å². The topological polar surface area (TPSA) is 32.3 Å². The van der Waals surface area contributed by atoms with Crippen LogP contribution in [0.1, 0.15) is 38.8 Å². The Kier molecular flexibility index (Phi) is 6.20. The van der Waals surface area contributed by atoms with Gasteiger partial charge in [-0.1, -0.05) is 45.9 Å². The second-order valence-electron chi connectivity index (χ2n) is 5.23. The zero-order valence-corrected chi connectivity index (χ0v) is 12.2. The number of aliphatic hydroxyl groups is 1. The minimum absolute atomic E-state index is 0.250. The molecule has 0 bridgehead atoms. The summed E-state index contributed by atoms with van der Waals surface area (Å²) in [6.07, 6.45) is 2.09. The van der Waals surface area contributed by atoms with Crippen molar-refractivity contribution in [3.63, 3.8) is 0 Å². The molecule has 2 N–H and O–H groups in total. The van der Waals surface area contributed by atoms with Crippen LogP contribution in [0.3, 0.4) is 0 Å². The van der Waals surface area contributed by atoms with Gasteiger partial charge in [-0.25, -0.2) is 0 Å². The number of para-hydroxylation sites is 1. The molecule has 0 saturated heterocycles. The van der Waals surface area contributed by atoms with Crippen molar-refractivity contribution in [2.75, 3.05) is 18.5 Å². The number of rotatable bonds is 7. The van der Waals surface area contributed by atoms with Crippen LogP contribution >= 0.6 is 0 Å². The molecule has 1 unspecified atom stereocenters. The van der Waals surface area contributed by atoms with Gasteiger partial charge in [0.1, 0.15) is 0 Å². The Balaban J connectivity index is 2.82. The minimum Gasteiger partial charge on any atom is -0.396 e. The Labute approximate surface area is 111 Å². The summed E-state index contributed by atoms with van der Waals surface area (Å²) in [6, 6.07) is 6.50. The highest BCUT2D eigenvalue weighted by Crippen LogP contribution is 2.23. The molecule has 1 aromatic rings. The maximum atomic E-state index is 9.39. The molecule has 0 aliphatic heterocycles. The van der Waals surface area contributed by atoms with Crippen LogP contribution in [0.5, 0.6) is 0 Å². The third-order valence-corrected chi connectivity index (χ3v) is 3.72. The van der Waals surface area contributed by atoms with Crippen LogP contribution in [0.15, 0.2) is 18.2 Å². The van der Waals surface area contributed by atoms with E-state index >= 15 is 0 Å². The molecular formula is C16H27NO. The molecule has 0 aliphatic rings. The summed E-state index contributed by atoms with van der Waals surface area (Å²) >= 11 is 0. The van der Waals surface area contributed by atoms with Gasteiger partial charge >= 0.3 is 0 Å². The van der Waals surface area contributed by atoms with Gasteiger partial charge in [-0.3, -0.25) is 0 Å². The van der Waals surface area contributed by atoms with Crippen LogP contribution in [0.25, 0.3) is 0 Å². The van der Waals surface area contributed by atoms with Crippen molar-refractivity contribution < 1.29 is 5.11 Å². The smallest absolute Gasteiger partial charge is 0.0478 e. The first-order valence-corrected chi connectivity index (χ1v) is 7.09. The maximum Gasteiger partial charge on any atom is 0.0478 e. The molecule has 2 nitrogen and oxygen atoms in total. The second kappa shape index (κ2) is 7.42. The van der Waals surface area contributed by atoms with E-state index in [1.54, 1.807) is 0 Å². The summed E-state index contributed by atoms with van der Waals surface area (Å²) < 4.78 is 0. The number of hydrogen-bond donors (Lipinski definition) is 2. The number of hydrogen-bond acceptors (Lipinski definition) is 2. The van der Waals surface area contributed by atoms with Crippen LogP contribution in [0.4, 0.5) is 5.69 Å². The Morgan fingerprint density at radius 2 is 1.67 bits per heavy atom. The Bertz CT molecular complexity index is 338. The molecule has 0 radical (unpaired) electrons. The molecule has 1 atom stereocenters. The van der Waals surface area contributed by atoms with Gasteiger partial charge in [0, 0.05) is 24.8 Å². The minimum atomic E-state index is 0.250. The van der Waals surface area contributed by atoms with E-state index in [2.05, 4.69) is 51.2 Å². The Hall–Kier alpha value is -1.02. The third-order valence-electron chi connectivity index (χ3n) is 3.72. The van der Waals surface area contributed by atoms with E-state index < -0.39 is 0 Å². The molecule has 0 amide bonds. The molecule has 18 heavy (non-hydrogen) atoms. The van der Waals surface area contributed by atoms with Gasteiger partial charge in [-0.2, -0.15) is 0 Å². The van der Waals surface area contributed by atoms with Gasteiger partial charge in [0.05, 0.1) is 0 Å². The maximum absolute atomic E-state index is 9.39. The van der Waals surface area contributed by atoms with E-state index in [4.69, 9.17) is 0 Å². The first kappa shape index (κ1) is 15.0. The van der Waals surface area contributed by atoms with Gasteiger partial charge < -0.3 is 10.4 Å². The average molecular weight is 249 g/mol. The average Bonchev–Trinajstić information content (AvgIpc) is 2.38. The van der Waals surface area contributed by atoms with Gasteiger partial charge in [-0.05, 0) is 29.9 Å². The summed E-state index contributed by atoms with van der Waals surface area (Å²) in [5.74, 6) is 0.820. The quantitative estimate of drug-likeness (QED) is 0.775. The molecule has 1 aromatic carbocycles. The fraction of sp³-hybridized carbons (Fsp3) is 0.625. The van der Waals surface area contributed by atoms with Gasteiger partial charge in [0.25, 0.3) is 0 Å². The fourth-order valence-corrected chi connectivity index (χ4v) is 2.21. The molecule has 0 aliphatic carbocycles. The van der Waals surface area contributed by atoms with Crippen molar-refractivity contribution in [2.45, 2.75) is 40.5 Å². The lowest BCUT2D eigenvalue weighted by Crippen LogP contribution is -2.23. The van der Waals surface area contributed by atoms with Crippen molar-refractivity contribution in [2.24, 2.45) is 11.8 Å². The standard InChI is InChI=1S/C16H27NO/c1-5-13-8-7-9-14(6-2)16(13)17-10-15(11-18)12(3)4/h7-9,12,15,17-18H,5-6,10-11H2,1-4H3. The van der Waals surface area contributed by atoms with Crippen LogP contribution in [-0.4, -0.2) is 18.3 Å². The van der Waals surface area contributed by atoms with Crippen LogP contribution in [0.2, 0.25) is 0 Å². The second-order valence-corrected chi connectivity index (χ2v) is 5.23. The monoisotopic (exact) mass is 249 g/mol. The largest absolute Gasteiger partial charge is 0.396 e. The fourth-order valence-electron chi connectivity index (χ4n) is 2.21. The molecule has 1 rings (SSSR count). The van der Waals surface area contributed by atoms with Crippen molar-refractivity contribution in [1.82, 2.24) is 0 Å². The summed E-state index contributed by atoms with van der Waals surface area (Å²) in [4.78, 5) is 0. The Morgan fingerprint density at radius 3 is 2.06 bits per heavy atom. The lowest BCUT2D eigenvalue weighted by atomic mass is 9.96. The predicted molar refractivity (Wildman–Crippen MR) is 79.1 cm³/mol. The molecule has 0 heterocycles. The zero-order valence-electron chi connectivity index (χ0n) is 12.2. The lowest BCUT2D eigenvalue weighted by Gasteiger charge is -2.22. The number of anilines is 1. The number of nitrogens with one attached hydrogen (secondary N) is 1. The number of aryl methyl sites for hydroxylation is 2. The first-order chi connectivity index (χ1) is 8.63. The summed E-state index contributed by atoms with van der Waals surface area (Å²) in [5, 5.41) is 12.9. The summed E-state index contributed by atoms with van der Waals surface area (Å²) in [7, 11) is 0. The van der Waals surface area contributed by atoms with Gasteiger partial charge in [0.2, 0.25) is 0 Å². The zero-order chi connectivity index (χ0) is 13.5. The molecular weight excluding hydrogens is 222 g/mol. The molecule has 0 aromatic heterocycles. The van der Waals surface area contributed by atoms with Crippen LogP contribution in [0, 0.1) is 11.8 Å². The predicted octanol–water partition coefficient (Wildman–Crippen LogP) is 3.49. The summed E-state index contributed by atoms with van der Waals surface area (Å²) in [5.41, 5.74) is 4.02. The van der Waals surface area contributed by atoms with E-state index in [9.17, 15) is 5.11 Å². The first-order valence-electron chi connectivity index (χ1n) is 7.09. The van der Waals surface area contributed by atoms with Crippen molar-refractivity contribution in [3.8, 4) is 0 Å². The SMILES string of the molecule is CCc1cccc(CC)c1NCC(CO)C(C)C. The lowest BCUT2D eigenvalue weighted by molar-refractivity contribution is 0.198. The van der Waals surface area contributed by atoms with Gasteiger partial charge in [0.15, 0.2) is 0 Å². The van der Waals surface area contributed by atoms with E-state index in [-0.39, 0.29) is 6.61 Å². The molecule has 0 saturated carbocycles. The summed E-state index contributed by atoms with van der Waals surface area (Å²) in [6.45, 7) is 9.79. The Morgan fingerprint density at radius 1 is 1.11 bits per heavy atom. The van der Waals surface area contributed by atoms with Crippen molar-refractivity contribution >= 4 is 5.69 Å². The van der Waals surface area contributed by atoms with E-state index in [1.807, 2.05) is 0 Å². The van der Waals surface area contributed by atoms with Crippen molar-refractivity contribution in [3.05, 3.63) is 29.3 Å². The van der Waals surface area contributed by atoms with E-state index in [1.165, 1.54) is 16.8 Å². The normalized spacial score (nSPS) is 12.8. The molecule has 0 fully saturated rings. The van der Waals surface area contributed by atoms with E-state index in [0.29, 0.717) is 11.8 Å². The highest BCUT2D eigenvalue weighted by molar-refractivity contribution is 5.57. The van der Waals surface area contributed by atoms with Crippen LogP contribution < -0.4 is 5.32 Å². The number of benzene rings is 1. The molecule has 102 valence electrons. The highest BCUT2D eigenvalue weighted by atomic mass is 16.3. The molecule has 2 heteroatoms. The third kappa shape index (κ3) is 3.74.